The zero-order valence-electron chi connectivity index (χ0n) is 60.4. The molecule has 3 rings (SSSR count). The van der Waals surface area contributed by atoms with Gasteiger partial charge in [-0.1, -0.05) is 301 Å². The molecule has 3 aliphatic heterocycles. The predicted molar refractivity (Wildman–Crippen MR) is 379 cm³/mol. The molecule has 3 aliphatic rings. The van der Waals surface area contributed by atoms with Crippen LogP contribution in [-0.2, 0) is 33.2 Å². The minimum atomic E-state index is -1.98. The van der Waals surface area contributed by atoms with Crippen LogP contribution in [0.4, 0.5) is 0 Å². The van der Waals surface area contributed by atoms with E-state index in [0.717, 1.165) is 44.9 Å². The van der Waals surface area contributed by atoms with E-state index in [1.54, 1.807) is 6.08 Å². The van der Waals surface area contributed by atoms with Gasteiger partial charge in [0.1, 0.15) is 73.2 Å². The lowest BCUT2D eigenvalue weighted by atomic mass is 9.96. The van der Waals surface area contributed by atoms with Gasteiger partial charge in [-0.25, -0.2) is 0 Å². The molecule has 0 saturated carbocycles. The van der Waals surface area contributed by atoms with E-state index in [0.29, 0.717) is 6.42 Å². The molecule has 0 aromatic rings. The van der Waals surface area contributed by atoms with Crippen LogP contribution in [0.3, 0.4) is 0 Å². The first-order valence-electron chi connectivity index (χ1n) is 39.6. The van der Waals surface area contributed by atoms with Crippen LogP contribution in [0.1, 0.15) is 328 Å². The maximum absolute atomic E-state index is 13.5. The highest BCUT2D eigenvalue weighted by atomic mass is 16.8. The summed E-state index contributed by atoms with van der Waals surface area (Å²) in [6.07, 6.45) is 43.0. The summed E-state index contributed by atoms with van der Waals surface area (Å²) >= 11 is 0. The molecule has 0 aliphatic carbocycles. The minimum Gasteiger partial charge on any atom is -0.394 e. The Morgan fingerprint density at radius 2 is 0.656 bits per heavy atom. The quantitative estimate of drug-likeness (QED) is 0.0199. The number of rotatable bonds is 63. The molecule has 12 N–H and O–H groups in total. The Morgan fingerprint density at radius 1 is 0.365 bits per heavy atom. The number of nitrogens with one attached hydrogen (secondary N) is 1. The normalized spacial score (nSPS) is 27.1. The molecule has 0 aromatic carbocycles. The van der Waals surface area contributed by atoms with Crippen molar-refractivity contribution in [1.29, 1.82) is 0 Å². The van der Waals surface area contributed by atoms with E-state index >= 15 is 0 Å². The summed E-state index contributed by atoms with van der Waals surface area (Å²) in [4.78, 5) is 13.5. The monoisotopic (exact) mass is 1370 g/mol. The molecule has 1 amide bonds. The minimum absolute atomic E-state index is 0.247. The fourth-order valence-corrected chi connectivity index (χ4v) is 13.6. The molecular formula is C77H145NO18. The van der Waals surface area contributed by atoms with Gasteiger partial charge < -0.3 is 89.9 Å². The number of unbranched alkanes of at least 4 members (excludes halogenated alkanes) is 45. The SMILES string of the molecule is CCCCCCCCCC/C=C\CCCCCCCCCCCCCCCCCC(=O)NC(COC1OC(CO)C(OC2OC(CO)C(OC3OC(CO)C(O)C(O)C3O)C(O)C2O)C(O)C1O)C(O)/C=C/CCCCCCCCCCCCCCCCCCCCCCCC. The smallest absolute Gasteiger partial charge is 0.220 e. The Bertz CT molecular complexity index is 1830. The zero-order valence-corrected chi connectivity index (χ0v) is 60.4. The third-order valence-corrected chi connectivity index (χ3v) is 20.0. The van der Waals surface area contributed by atoms with Crippen LogP contribution in [-0.4, -0.2) is 193 Å². The Hall–Kier alpha value is -1.73. The second-order valence-electron chi connectivity index (χ2n) is 28.5. The summed E-state index contributed by atoms with van der Waals surface area (Å²) in [6, 6.07) is -0.972. The van der Waals surface area contributed by atoms with Crippen molar-refractivity contribution in [2.45, 2.75) is 433 Å². The van der Waals surface area contributed by atoms with Crippen LogP contribution in [0.25, 0.3) is 0 Å². The van der Waals surface area contributed by atoms with Crippen molar-refractivity contribution in [3.05, 3.63) is 24.3 Å². The summed E-state index contributed by atoms with van der Waals surface area (Å²) in [5.41, 5.74) is 0. The third kappa shape index (κ3) is 39.1. The number of hydrogen-bond donors (Lipinski definition) is 12. The number of aliphatic hydroxyl groups excluding tert-OH is 11. The maximum Gasteiger partial charge on any atom is 0.220 e. The lowest BCUT2D eigenvalue weighted by Gasteiger charge is -2.48. The van der Waals surface area contributed by atoms with Gasteiger partial charge >= 0.3 is 0 Å². The fraction of sp³-hybridized carbons (Fsp3) is 0.935. The van der Waals surface area contributed by atoms with Gasteiger partial charge in [-0.15, -0.1) is 0 Å². The van der Waals surface area contributed by atoms with E-state index in [9.17, 15) is 61.0 Å². The van der Waals surface area contributed by atoms with Crippen molar-refractivity contribution < 1.29 is 89.4 Å². The van der Waals surface area contributed by atoms with E-state index in [1.807, 2.05) is 6.08 Å². The third-order valence-electron chi connectivity index (χ3n) is 20.0. The molecule has 0 aromatic heterocycles. The summed E-state index contributed by atoms with van der Waals surface area (Å²) in [6.45, 7) is 1.79. The van der Waals surface area contributed by atoms with E-state index in [1.165, 1.54) is 257 Å². The van der Waals surface area contributed by atoms with Crippen molar-refractivity contribution in [2.24, 2.45) is 0 Å². The highest BCUT2D eigenvalue weighted by molar-refractivity contribution is 5.76. The molecule has 0 radical (unpaired) electrons. The van der Waals surface area contributed by atoms with Gasteiger partial charge in [0, 0.05) is 6.42 Å². The number of amides is 1. The lowest BCUT2D eigenvalue weighted by molar-refractivity contribution is -0.379. The number of carbonyl (C=O) groups excluding carboxylic acids is 1. The van der Waals surface area contributed by atoms with Crippen LogP contribution >= 0.6 is 0 Å². The largest absolute Gasteiger partial charge is 0.394 e. The molecule has 3 saturated heterocycles. The second-order valence-corrected chi connectivity index (χ2v) is 28.5. The van der Waals surface area contributed by atoms with Crippen molar-refractivity contribution >= 4 is 5.91 Å². The van der Waals surface area contributed by atoms with E-state index in [2.05, 4.69) is 31.3 Å². The van der Waals surface area contributed by atoms with Crippen molar-refractivity contribution in [3.8, 4) is 0 Å². The average Bonchev–Trinajstić information content (AvgIpc) is 1.09. The Labute approximate surface area is 581 Å². The van der Waals surface area contributed by atoms with Crippen molar-refractivity contribution in [1.82, 2.24) is 5.32 Å². The molecular weight excluding hydrogens is 1230 g/mol. The molecule has 17 atom stereocenters. The highest BCUT2D eigenvalue weighted by Crippen LogP contribution is 2.33. The standard InChI is InChI=1S/C77H145NO18/c1-3-5-7-9-11-13-15-17-19-21-23-25-27-29-30-31-33-35-37-39-41-43-45-47-49-51-53-55-65(83)78-60(61(82)54-52-50-48-46-44-42-40-38-36-34-32-28-26-24-22-20-18-16-14-12-10-8-6-4-2)59-91-75-71(89)68(86)73(63(57-80)93-75)96-77-72(90)69(87)74(64(58-81)94-77)95-76-70(88)67(85)66(84)62(56-79)92-76/h21,23,52,54,60-64,66-77,79-82,84-90H,3-20,22,24-51,53,55-59H2,1-2H3,(H,78,83)/b23-21-,54-52+. The maximum atomic E-state index is 13.5. The number of hydrogen-bond acceptors (Lipinski definition) is 18. The Morgan fingerprint density at radius 3 is 1.01 bits per heavy atom. The van der Waals surface area contributed by atoms with E-state index in [-0.39, 0.29) is 18.9 Å². The van der Waals surface area contributed by atoms with Gasteiger partial charge in [0.05, 0.1) is 38.6 Å². The number of ether oxygens (including phenoxy) is 6. The van der Waals surface area contributed by atoms with Crippen LogP contribution in [0, 0.1) is 0 Å². The van der Waals surface area contributed by atoms with Crippen molar-refractivity contribution in [2.75, 3.05) is 26.4 Å². The van der Waals surface area contributed by atoms with Crippen LogP contribution < -0.4 is 5.32 Å². The molecule has 566 valence electrons. The van der Waals surface area contributed by atoms with Gasteiger partial charge in [0.2, 0.25) is 5.91 Å². The van der Waals surface area contributed by atoms with Crippen LogP contribution in [0.15, 0.2) is 24.3 Å². The highest BCUT2D eigenvalue weighted by Gasteiger charge is 2.53. The van der Waals surface area contributed by atoms with Gasteiger partial charge in [0.15, 0.2) is 18.9 Å². The number of allylic oxidation sites excluding steroid dienone is 3. The molecule has 0 spiro atoms. The Kier molecular flexibility index (Phi) is 54.1. The summed E-state index contributed by atoms with van der Waals surface area (Å²) in [7, 11) is 0. The van der Waals surface area contributed by atoms with Crippen LogP contribution in [0.5, 0.6) is 0 Å². The lowest BCUT2D eigenvalue weighted by Crippen LogP contribution is -2.66. The van der Waals surface area contributed by atoms with Crippen LogP contribution in [0.2, 0.25) is 0 Å². The number of aliphatic hydroxyl groups is 11. The first-order valence-corrected chi connectivity index (χ1v) is 39.6. The molecule has 17 unspecified atom stereocenters. The molecule has 19 heteroatoms. The molecule has 19 nitrogen and oxygen atoms in total. The van der Waals surface area contributed by atoms with Gasteiger partial charge in [-0.3, -0.25) is 4.79 Å². The molecule has 0 bridgehead atoms. The van der Waals surface area contributed by atoms with E-state index < -0.39 is 124 Å². The number of carbonyl (C=O) groups is 1. The first kappa shape index (κ1) is 88.5. The second kappa shape index (κ2) is 58.7. The fourth-order valence-electron chi connectivity index (χ4n) is 13.6. The molecule has 3 heterocycles. The van der Waals surface area contributed by atoms with E-state index in [4.69, 9.17) is 28.4 Å². The van der Waals surface area contributed by atoms with Gasteiger partial charge in [-0.05, 0) is 44.9 Å². The zero-order chi connectivity index (χ0) is 69.6. The van der Waals surface area contributed by atoms with Gasteiger partial charge in [0.25, 0.3) is 0 Å². The average molecular weight is 1370 g/mol. The van der Waals surface area contributed by atoms with Crippen molar-refractivity contribution in [3.63, 3.8) is 0 Å². The van der Waals surface area contributed by atoms with Gasteiger partial charge in [-0.2, -0.15) is 0 Å². The Balaban J connectivity index is 1.39. The summed E-state index contributed by atoms with van der Waals surface area (Å²) < 4.78 is 34.5. The predicted octanol–water partition coefficient (Wildman–Crippen LogP) is 12.6. The summed E-state index contributed by atoms with van der Waals surface area (Å²) in [5, 5.41) is 121. The molecule has 3 fully saturated rings. The molecule has 96 heavy (non-hydrogen) atoms. The first-order chi connectivity index (χ1) is 46.8. The summed E-state index contributed by atoms with van der Waals surface area (Å²) in [5.74, 6) is -0.269. The topological polar surface area (TPSA) is 307 Å².